The second-order valence-electron chi connectivity index (χ2n) is 3.61. The first-order chi connectivity index (χ1) is 7.63. The van der Waals surface area contributed by atoms with E-state index in [-0.39, 0.29) is 11.5 Å². The summed E-state index contributed by atoms with van der Waals surface area (Å²) < 4.78 is 0. The Labute approximate surface area is 92.8 Å². The highest BCUT2D eigenvalue weighted by molar-refractivity contribution is 6.41. The van der Waals surface area contributed by atoms with Crippen LogP contribution in [0.4, 0.5) is 0 Å². The standard InChI is InChI=1S/C11H12N2O3/c1-2-9(14)8-6-7(11(15)16)12-10-4-3-5-13(8)10/h4,6H,2-3,5H2,1H3,(H,15,16). The zero-order valence-electron chi connectivity index (χ0n) is 8.93. The summed E-state index contributed by atoms with van der Waals surface area (Å²) >= 11 is 0. The number of carbonyl (C=O) groups is 2. The lowest BCUT2D eigenvalue weighted by atomic mass is 10.1. The maximum Gasteiger partial charge on any atom is 0.354 e. The Morgan fingerprint density at radius 3 is 2.94 bits per heavy atom. The number of ketones is 1. The maximum absolute atomic E-state index is 11.7. The van der Waals surface area contributed by atoms with E-state index in [1.807, 2.05) is 6.08 Å². The highest BCUT2D eigenvalue weighted by Gasteiger charge is 2.28. The van der Waals surface area contributed by atoms with Crippen molar-refractivity contribution in [3.8, 4) is 0 Å². The number of nitrogens with zero attached hydrogens (tertiary/aromatic N) is 2. The van der Waals surface area contributed by atoms with E-state index < -0.39 is 5.97 Å². The van der Waals surface area contributed by atoms with Gasteiger partial charge in [-0.3, -0.25) is 4.79 Å². The fourth-order valence-corrected chi connectivity index (χ4v) is 1.78. The summed E-state index contributed by atoms with van der Waals surface area (Å²) in [6.07, 6.45) is 4.36. The molecule has 1 N–H and O–H groups in total. The summed E-state index contributed by atoms with van der Waals surface area (Å²) in [6.45, 7) is 2.46. The van der Waals surface area contributed by atoms with Gasteiger partial charge < -0.3 is 10.0 Å². The van der Waals surface area contributed by atoms with Crippen LogP contribution < -0.4 is 0 Å². The van der Waals surface area contributed by atoms with Gasteiger partial charge in [-0.25, -0.2) is 9.79 Å². The molecular formula is C11H12N2O3. The van der Waals surface area contributed by atoms with Crippen LogP contribution in [0.3, 0.4) is 0 Å². The van der Waals surface area contributed by atoms with Gasteiger partial charge >= 0.3 is 5.97 Å². The molecule has 2 aliphatic heterocycles. The predicted octanol–water partition coefficient (Wildman–Crippen LogP) is 0.936. The number of Topliss-reactive ketones (excluding diaryl/α,β-unsaturated/α-hetero) is 1. The molecule has 2 aliphatic rings. The van der Waals surface area contributed by atoms with Crippen molar-refractivity contribution < 1.29 is 14.7 Å². The molecule has 0 radical (unpaired) electrons. The van der Waals surface area contributed by atoms with Gasteiger partial charge in [0.05, 0.1) is 5.70 Å². The smallest absolute Gasteiger partial charge is 0.354 e. The number of allylic oxidation sites excluding steroid dienone is 1. The molecule has 2 heterocycles. The van der Waals surface area contributed by atoms with E-state index in [9.17, 15) is 9.59 Å². The molecule has 16 heavy (non-hydrogen) atoms. The minimum absolute atomic E-state index is 0.0542. The van der Waals surface area contributed by atoms with Gasteiger partial charge in [-0.1, -0.05) is 6.92 Å². The molecule has 0 unspecified atom stereocenters. The fourth-order valence-electron chi connectivity index (χ4n) is 1.78. The number of fused-ring (bicyclic) bond motifs is 1. The molecule has 0 amide bonds. The molecule has 2 rings (SSSR count). The third kappa shape index (κ3) is 1.64. The van der Waals surface area contributed by atoms with Crippen molar-refractivity contribution in [1.29, 1.82) is 0 Å². The molecule has 0 atom stereocenters. The van der Waals surface area contributed by atoms with E-state index in [1.165, 1.54) is 6.08 Å². The number of carboxylic acid groups (broad SMARTS) is 1. The highest BCUT2D eigenvalue weighted by atomic mass is 16.4. The normalized spacial score (nSPS) is 18.6. The van der Waals surface area contributed by atoms with Crippen LogP contribution in [0.5, 0.6) is 0 Å². The number of hydrogen-bond acceptors (Lipinski definition) is 4. The zero-order valence-corrected chi connectivity index (χ0v) is 8.93. The third-order valence-corrected chi connectivity index (χ3v) is 2.58. The molecule has 0 saturated carbocycles. The molecule has 0 saturated heterocycles. The molecule has 0 aromatic heterocycles. The topological polar surface area (TPSA) is 70.0 Å². The largest absolute Gasteiger partial charge is 0.477 e. The van der Waals surface area contributed by atoms with Crippen LogP contribution in [0, 0.1) is 0 Å². The lowest BCUT2D eigenvalue weighted by Gasteiger charge is -2.25. The Morgan fingerprint density at radius 2 is 2.31 bits per heavy atom. The molecule has 0 bridgehead atoms. The van der Waals surface area contributed by atoms with E-state index in [4.69, 9.17) is 5.11 Å². The predicted molar refractivity (Wildman–Crippen MR) is 57.9 cm³/mol. The lowest BCUT2D eigenvalue weighted by Crippen LogP contribution is -2.30. The Bertz CT molecular complexity index is 446. The Kier molecular flexibility index (Phi) is 2.60. The van der Waals surface area contributed by atoms with Gasteiger partial charge in [0.1, 0.15) is 5.82 Å². The average Bonchev–Trinajstić information content (AvgIpc) is 2.74. The molecule has 0 spiro atoms. The van der Waals surface area contributed by atoms with Crippen LogP contribution in [0.25, 0.3) is 0 Å². The van der Waals surface area contributed by atoms with E-state index >= 15 is 0 Å². The Hall–Kier alpha value is -1.91. The van der Waals surface area contributed by atoms with E-state index in [0.29, 0.717) is 24.5 Å². The monoisotopic (exact) mass is 220 g/mol. The number of carbonyl (C=O) groups excluding carboxylic acids is 1. The van der Waals surface area contributed by atoms with Crippen molar-refractivity contribution in [2.24, 2.45) is 4.99 Å². The van der Waals surface area contributed by atoms with Crippen LogP contribution in [0.1, 0.15) is 19.8 Å². The van der Waals surface area contributed by atoms with Crippen LogP contribution in [0.2, 0.25) is 0 Å². The first-order valence-electron chi connectivity index (χ1n) is 5.18. The number of carboxylic acids is 1. The van der Waals surface area contributed by atoms with E-state index in [2.05, 4.69) is 4.99 Å². The summed E-state index contributed by atoms with van der Waals surface area (Å²) in [5.74, 6) is -0.577. The zero-order chi connectivity index (χ0) is 11.7. The van der Waals surface area contributed by atoms with Gasteiger partial charge in [-0.2, -0.15) is 0 Å². The summed E-state index contributed by atoms with van der Waals surface area (Å²) in [5, 5.41) is 8.90. The van der Waals surface area contributed by atoms with Crippen molar-refractivity contribution in [2.75, 3.05) is 6.54 Å². The molecule has 0 fully saturated rings. The van der Waals surface area contributed by atoms with Crippen molar-refractivity contribution >= 4 is 17.5 Å². The van der Waals surface area contributed by atoms with Gasteiger partial charge in [0.15, 0.2) is 11.5 Å². The van der Waals surface area contributed by atoms with E-state index in [1.54, 1.807) is 11.8 Å². The fraction of sp³-hybridized carbons (Fsp3) is 0.364. The summed E-state index contributed by atoms with van der Waals surface area (Å²) in [7, 11) is 0. The number of hydrogen-bond donors (Lipinski definition) is 1. The molecular weight excluding hydrogens is 208 g/mol. The maximum atomic E-state index is 11.7. The van der Waals surface area contributed by atoms with Crippen LogP contribution in [-0.4, -0.2) is 34.0 Å². The molecule has 0 aromatic rings. The Balaban J connectivity index is 2.42. The van der Waals surface area contributed by atoms with Gasteiger partial charge in [-0.15, -0.1) is 0 Å². The molecule has 0 aliphatic carbocycles. The lowest BCUT2D eigenvalue weighted by molar-refractivity contribution is -0.129. The third-order valence-electron chi connectivity index (χ3n) is 2.58. The molecule has 5 heteroatoms. The second-order valence-corrected chi connectivity index (χ2v) is 3.61. The summed E-state index contributed by atoms with van der Waals surface area (Å²) in [5.41, 5.74) is 0.375. The van der Waals surface area contributed by atoms with Crippen LogP contribution >= 0.6 is 0 Å². The molecule has 84 valence electrons. The van der Waals surface area contributed by atoms with Crippen molar-refractivity contribution in [3.05, 3.63) is 23.7 Å². The number of aliphatic imine (C=N–C) groups is 1. The van der Waals surface area contributed by atoms with E-state index in [0.717, 1.165) is 6.42 Å². The highest BCUT2D eigenvalue weighted by Crippen LogP contribution is 2.26. The van der Waals surface area contributed by atoms with Crippen LogP contribution in [-0.2, 0) is 9.59 Å². The first kappa shape index (κ1) is 10.6. The Morgan fingerprint density at radius 1 is 1.56 bits per heavy atom. The SMILES string of the molecule is CCC(=O)C1=CC(C(=O)O)=NC2=CCCN21. The number of aliphatic carboxylic acids is 1. The minimum atomic E-state index is -1.10. The van der Waals surface area contributed by atoms with Crippen molar-refractivity contribution in [2.45, 2.75) is 19.8 Å². The molecule has 5 nitrogen and oxygen atoms in total. The van der Waals surface area contributed by atoms with Gasteiger partial charge in [-0.05, 0) is 18.6 Å². The van der Waals surface area contributed by atoms with Gasteiger partial charge in [0.2, 0.25) is 0 Å². The summed E-state index contributed by atoms with van der Waals surface area (Å²) in [4.78, 5) is 28.3. The van der Waals surface area contributed by atoms with Crippen molar-refractivity contribution in [3.63, 3.8) is 0 Å². The number of rotatable bonds is 3. The van der Waals surface area contributed by atoms with Crippen molar-refractivity contribution in [1.82, 2.24) is 4.90 Å². The average molecular weight is 220 g/mol. The van der Waals surface area contributed by atoms with Gasteiger partial charge in [0.25, 0.3) is 0 Å². The van der Waals surface area contributed by atoms with Gasteiger partial charge in [0, 0.05) is 13.0 Å². The molecule has 0 aromatic carbocycles. The van der Waals surface area contributed by atoms with Crippen LogP contribution in [0.15, 0.2) is 28.7 Å². The minimum Gasteiger partial charge on any atom is -0.477 e. The first-order valence-corrected chi connectivity index (χ1v) is 5.18. The summed E-state index contributed by atoms with van der Waals surface area (Å²) in [6, 6.07) is 0. The quantitative estimate of drug-likeness (QED) is 0.768. The second kappa shape index (κ2) is 3.92.